The minimum atomic E-state index is -0.659. The molecule has 0 saturated carbocycles. The van der Waals surface area contributed by atoms with E-state index < -0.39 is 5.91 Å². The van der Waals surface area contributed by atoms with Gasteiger partial charge >= 0.3 is 0 Å². The van der Waals surface area contributed by atoms with E-state index in [9.17, 15) is 9.59 Å². The summed E-state index contributed by atoms with van der Waals surface area (Å²) >= 11 is 6.04. The van der Waals surface area contributed by atoms with Crippen molar-refractivity contribution < 1.29 is 19.1 Å². The van der Waals surface area contributed by atoms with Gasteiger partial charge in [0.2, 0.25) is 5.78 Å². The van der Waals surface area contributed by atoms with Gasteiger partial charge in [0.15, 0.2) is 6.61 Å². The number of hydrogen-bond acceptors (Lipinski definition) is 6. The van der Waals surface area contributed by atoms with Crippen LogP contribution >= 0.6 is 11.6 Å². The number of nitrogens with two attached hydrogens (primary N) is 1. The maximum Gasteiger partial charge on any atom is 0.252 e. The second-order valence-corrected chi connectivity index (χ2v) is 7.94. The number of nitrogens with zero attached hydrogens (tertiary/aromatic N) is 2. The lowest BCUT2D eigenvalue weighted by Crippen LogP contribution is -2.16. The molecule has 0 spiro atoms. The van der Waals surface area contributed by atoms with Crippen LogP contribution in [0.3, 0.4) is 0 Å². The molecule has 9 heteroatoms. The molecule has 0 fully saturated rings. The third kappa shape index (κ3) is 4.26. The molecule has 0 aliphatic carbocycles. The molecule has 3 aromatic carbocycles. The number of nitrogens with one attached hydrogen (secondary N) is 1. The number of ether oxygens (including phenoxy) is 2. The number of amides is 1. The zero-order chi connectivity index (χ0) is 23.7. The van der Waals surface area contributed by atoms with E-state index in [2.05, 4.69) is 15.2 Å². The highest BCUT2D eigenvalue weighted by Crippen LogP contribution is 2.29. The summed E-state index contributed by atoms with van der Waals surface area (Å²) < 4.78 is 11.5. The quantitative estimate of drug-likeness (QED) is 0.324. The molecule has 2 aromatic heterocycles. The Bertz CT molecular complexity index is 1550. The van der Waals surface area contributed by atoms with Crippen molar-refractivity contribution in [1.82, 2.24) is 15.2 Å². The first-order valence-electron chi connectivity index (χ1n) is 10.2. The molecule has 0 aliphatic heterocycles. The van der Waals surface area contributed by atoms with Gasteiger partial charge in [-0.15, -0.1) is 0 Å². The number of benzene rings is 3. The van der Waals surface area contributed by atoms with E-state index in [-0.39, 0.29) is 23.7 Å². The first-order chi connectivity index (χ1) is 16.5. The molecule has 0 aliphatic rings. The lowest BCUT2D eigenvalue weighted by molar-refractivity contribution is 0.0914. The van der Waals surface area contributed by atoms with Crippen LogP contribution in [0.1, 0.15) is 20.7 Å². The fourth-order valence-corrected chi connectivity index (χ4v) is 3.84. The number of carbonyl (C=O) groups excluding carboxylic acids is 2. The second kappa shape index (κ2) is 8.84. The van der Waals surface area contributed by atoms with E-state index in [1.165, 1.54) is 12.4 Å². The van der Waals surface area contributed by atoms with Gasteiger partial charge < -0.3 is 20.2 Å². The summed E-state index contributed by atoms with van der Waals surface area (Å²) in [5.74, 6) is 0.448. The number of aromatic amines is 1. The van der Waals surface area contributed by atoms with Gasteiger partial charge in [-0.3, -0.25) is 9.59 Å². The molecule has 0 saturated heterocycles. The average Bonchev–Trinajstić information content (AvgIpc) is 3.26. The monoisotopic (exact) mass is 472 g/mol. The third-order valence-corrected chi connectivity index (χ3v) is 5.51. The highest BCUT2D eigenvalue weighted by Gasteiger charge is 2.17. The Morgan fingerprint density at radius 3 is 2.62 bits per heavy atom. The first kappa shape index (κ1) is 21.4. The first-order valence-corrected chi connectivity index (χ1v) is 10.6. The predicted octanol–water partition coefficient (Wildman–Crippen LogP) is 4.92. The summed E-state index contributed by atoms with van der Waals surface area (Å²) in [7, 11) is 0. The highest BCUT2D eigenvalue weighted by molar-refractivity contribution is 6.31. The van der Waals surface area contributed by atoms with Gasteiger partial charge in [0.1, 0.15) is 17.2 Å². The Labute approximate surface area is 198 Å². The standard InChI is InChI=1S/C25H17ClN4O4/c26-16-2-1-14-9-24(20(25(27)32)8-15(14)7-16)33-13-23(31)21-12-28-22-10-17(3-4-19(21)22)34-18-5-6-29-30-11-18/h1-12,28H,13H2,(H2,27,32). The zero-order valence-electron chi connectivity index (χ0n) is 17.6. The van der Waals surface area contributed by atoms with Crippen molar-refractivity contribution in [2.75, 3.05) is 6.61 Å². The summed E-state index contributed by atoms with van der Waals surface area (Å²) in [5, 5.41) is 10.3. The predicted molar refractivity (Wildman–Crippen MR) is 128 cm³/mol. The average molecular weight is 473 g/mol. The molecule has 1 amide bonds. The van der Waals surface area contributed by atoms with Crippen molar-refractivity contribution in [2.45, 2.75) is 0 Å². The van der Waals surface area contributed by atoms with Crippen LogP contribution in [0.2, 0.25) is 5.02 Å². The van der Waals surface area contributed by atoms with Crippen LogP contribution in [0.25, 0.3) is 21.7 Å². The Balaban J connectivity index is 1.37. The van der Waals surface area contributed by atoms with Gasteiger partial charge in [0, 0.05) is 39.8 Å². The van der Waals surface area contributed by atoms with Crippen LogP contribution in [0, 0.1) is 0 Å². The van der Waals surface area contributed by atoms with Crippen LogP contribution in [-0.2, 0) is 0 Å². The maximum atomic E-state index is 12.9. The number of H-pyrrole nitrogens is 1. The van der Waals surface area contributed by atoms with E-state index in [1.54, 1.807) is 60.8 Å². The normalized spacial score (nSPS) is 11.0. The van der Waals surface area contributed by atoms with Gasteiger partial charge in [0.05, 0.1) is 18.0 Å². The lowest BCUT2D eigenvalue weighted by atomic mass is 10.1. The molecule has 3 N–H and O–H groups in total. The molecule has 5 rings (SSSR count). The number of halogens is 1. The summed E-state index contributed by atoms with van der Waals surface area (Å²) in [5.41, 5.74) is 6.89. The number of primary amides is 1. The summed E-state index contributed by atoms with van der Waals surface area (Å²) in [6.45, 7) is -0.271. The molecule has 5 aromatic rings. The van der Waals surface area contributed by atoms with E-state index in [1.807, 2.05) is 0 Å². The topological polar surface area (TPSA) is 120 Å². The van der Waals surface area contributed by atoms with E-state index in [0.29, 0.717) is 22.1 Å². The van der Waals surface area contributed by atoms with Gasteiger partial charge in [-0.05, 0) is 47.2 Å². The molecule has 8 nitrogen and oxygen atoms in total. The molecule has 2 heterocycles. The van der Waals surface area contributed by atoms with E-state index >= 15 is 0 Å². The highest BCUT2D eigenvalue weighted by atomic mass is 35.5. The third-order valence-electron chi connectivity index (χ3n) is 5.27. The Kier molecular flexibility index (Phi) is 5.57. The molecular weight excluding hydrogens is 456 g/mol. The SMILES string of the molecule is NC(=O)c1cc2cc(Cl)ccc2cc1OCC(=O)c1c[nH]c2cc(Oc3ccnnc3)ccc12. The molecule has 0 bridgehead atoms. The van der Waals surface area contributed by atoms with Gasteiger partial charge in [-0.2, -0.15) is 10.2 Å². The van der Waals surface area contributed by atoms with Crippen LogP contribution in [-0.4, -0.2) is 33.5 Å². The number of rotatable bonds is 7. The zero-order valence-corrected chi connectivity index (χ0v) is 18.4. The largest absolute Gasteiger partial charge is 0.485 e. The maximum absolute atomic E-state index is 12.9. The minimum Gasteiger partial charge on any atom is -0.485 e. The van der Waals surface area contributed by atoms with Gasteiger partial charge in [0.25, 0.3) is 5.91 Å². The Morgan fingerprint density at radius 1 is 0.941 bits per heavy atom. The molecule has 0 radical (unpaired) electrons. The van der Waals surface area contributed by atoms with Crippen molar-refractivity contribution in [1.29, 1.82) is 0 Å². The van der Waals surface area contributed by atoms with E-state index in [0.717, 1.165) is 21.7 Å². The number of ketones is 1. The Morgan fingerprint density at radius 2 is 1.82 bits per heavy atom. The van der Waals surface area contributed by atoms with Crippen molar-refractivity contribution in [3.8, 4) is 17.2 Å². The van der Waals surface area contributed by atoms with Gasteiger partial charge in [-0.1, -0.05) is 17.7 Å². The number of hydrogen-bond donors (Lipinski definition) is 2. The van der Waals surface area contributed by atoms with Crippen molar-refractivity contribution >= 4 is 45.0 Å². The van der Waals surface area contributed by atoms with Crippen LogP contribution in [0.15, 0.2) is 73.2 Å². The van der Waals surface area contributed by atoms with Crippen LogP contribution in [0.4, 0.5) is 0 Å². The summed E-state index contributed by atoms with van der Waals surface area (Å²) in [6, 6.07) is 15.6. The van der Waals surface area contributed by atoms with E-state index in [4.69, 9.17) is 26.8 Å². The number of Topliss-reactive ketones (excluding diaryl/α,β-unsaturated/α-hetero) is 1. The van der Waals surface area contributed by atoms with Gasteiger partial charge in [-0.25, -0.2) is 0 Å². The molecule has 168 valence electrons. The lowest BCUT2D eigenvalue weighted by Gasteiger charge is -2.11. The molecule has 34 heavy (non-hydrogen) atoms. The number of aromatic nitrogens is 3. The Hall–Kier alpha value is -4.43. The molecular formula is C25H17ClN4O4. The van der Waals surface area contributed by atoms with Crippen LogP contribution in [0.5, 0.6) is 17.2 Å². The smallest absolute Gasteiger partial charge is 0.252 e. The molecule has 0 unspecified atom stereocenters. The van der Waals surface area contributed by atoms with Crippen molar-refractivity contribution in [3.05, 3.63) is 89.3 Å². The fourth-order valence-electron chi connectivity index (χ4n) is 3.66. The summed E-state index contributed by atoms with van der Waals surface area (Å²) in [4.78, 5) is 28.0. The fraction of sp³-hybridized carbons (Fsp3) is 0.0400. The number of carbonyl (C=O) groups is 2. The van der Waals surface area contributed by atoms with Crippen molar-refractivity contribution in [3.63, 3.8) is 0 Å². The second-order valence-electron chi connectivity index (χ2n) is 7.51. The van der Waals surface area contributed by atoms with Crippen LogP contribution < -0.4 is 15.2 Å². The summed E-state index contributed by atoms with van der Waals surface area (Å²) in [6.07, 6.45) is 4.66. The minimum absolute atomic E-state index is 0.175. The van der Waals surface area contributed by atoms with Crippen molar-refractivity contribution in [2.24, 2.45) is 5.73 Å². The number of fused-ring (bicyclic) bond motifs is 2. The molecule has 0 atom stereocenters.